The Morgan fingerprint density at radius 2 is 1.59 bits per heavy atom. The average molecular weight is 363 g/mol. The Balaban J connectivity index is 1.62. The Hall–Kier alpha value is -3.87. The highest BCUT2D eigenvalue weighted by Gasteiger charge is 2.15. The van der Waals surface area contributed by atoms with E-state index in [0.29, 0.717) is 16.9 Å². The molecular weight excluding hydrogens is 346 g/mol. The Kier molecular flexibility index (Phi) is 5.64. The first-order valence-electron chi connectivity index (χ1n) is 8.19. The number of nitrogens with one attached hydrogen (secondary N) is 3. The summed E-state index contributed by atoms with van der Waals surface area (Å²) in [6, 6.07) is 18.8. The molecule has 0 aliphatic heterocycles. The molecule has 136 valence electrons. The summed E-state index contributed by atoms with van der Waals surface area (Å²) < 4.78 is 4.93. The number of para-hydroxylation sites is 2. The van der Waals surface area contributed by atoms with Crippen LogP contribution in [0.25, 0.3) is 0 Å². The van der Waals surface area contributed by atoms with Crippen LogP contribution in [0, 0.1) is 0 Å². The highest BCUT2D eigenvalue weighted by atomic mass is 16.5. The molecule has 7 heteroatoms. The van der Waals surface area contributed by atoms with Gasteiger partial charge in [-0.05, 0) is 36.4 Å². The molecule has 7 nitrogen and oxygen atoms in total. The van der Waals surface area contributed by atoms with Crippen molar-refractivity contribution in [3.05, 3.63) is 84.2 Å². The van der Waals surface area contributed by atoms with Crippen molar-refractivity contribution in [2.24, 2.45) is 0 Å². The summed E-state index contributed by atoms with van der Waals surface area (Å²) >= 11 is 0. The molecule has 0 bridgehead atoms. The number of hydrogen-bond donors (Lipinski definition) is 3. The topological polar surface area (TPSA) is 100 Å². The lowest BCUT2D eigenvalue weighted by molar-refractivity contribution is -0.119. The number of carbonyl (C=O) groups is 3. The zero-order valence-corrected chi connectivity index (χ0v) is 14.3. The Morgan fingerprint density at radius 1 is 0.852 bits per heavy atom. The van der Waals surface area contributed by atoms with Gasteiger partial charge >= 0.3 is 5.97 Å². The number of ether oxygens (including phenoxy) is 1. The quantitative estimate of drug-likeness (QED) is 0.586. The average Bonchev–Trinajstić information content (AvgIpc) is 3.22. The molecule has 0 saturated carbocycles. The maximum Gasteiger partial charge on any atom is 0.355 e. The lowest BCUT2D eigenvalue weighted by Crippen LogP contribution is -2.23. The maximum atomic E-state index is 12.5. The van der Waals surface area contributed by atoms with Crippen LogP contribution in [-0.4, -0.2) is 29.4 Å². The summed E-state index contributed by atoms with van der Waals surface area (Å²) in [6.07, 6.45) is 1.58. The van der Waals surface area contributed by atoms with Crippen LogP contribution in [0.4, 0.5) is 11.4 Å². The van der Waals surface area contributed by atoms with Gasteiger partial charge in [-0.1, -0.05) is 30.3 Å². The van der Waals surface area contributed by atoms with E-state index in [0.717, 1.165) is 0 Å². The van der Waals surface area contributed by atoms with Gasteiger partial charge < -0.3 is 20.4 Å². The summed E-state index contributed by atoms with van der Waals surface area (Å²) in [6.45, 7) is -0.466. The molecule has 0 saturated heterocycles. The number of amides is 2. The van der Waals surface area contributed by atoms with Crippen molar-refractivity contribution in [2.45, 2.75) is 0 Å². The number of rotatable bonds is 6. The second-order valence-corrected chi connectivity index (χ2v) is 5.57. The lowest BCUT2D eigenvalue weighted by Gasteiger charge is -2.11. The van der Waals surface area contributed by atoms with Gasteiger partial charge in [-0.3, -0.25) is 9.59 Å². The van der Waals surface area contributed by atoms with Crippen LogP contribution in [0.5, 0.6) is 0 Å². The molecule has 0 aliphatic rings. The molecule has 3 N–H and O–H groups in total. The molecule has 0 aliphatic carbocycles. The molecule has 3 rings (SSSR count). The van der Waals surface area contributed by atoms with Crippen LogP contribution in [0.2, 0.25) is 0 Å². The SMILES string of the molecule is O=C(COC(=O)c1ccc[nH]1)Nc1ccccc1C(=O)Nc1ccccc1. The van der Waals surface area contributed by atoms with Crippen LogP contribution in [0.15, 0.2) is 72.9 Å². The molecule has 0 fully saturated rings. The van der Waals surface area contributed by atoms with Gasteiger partial charge in [0.2, 0.25) is 0 Å². The number of esters is 1. The van der Waals surface area contributed by atoms with Crippen LogP contribution in [0.1, 0.15) is 20.8 Å². The van der Waals surface area contributed by atoms with Gasteiger partial charge in [0.1, 0.15) is 5.69 Å². The van der Waals surface area contributed by atoms with E-state index in [1.807, 2.05) is 18.2 Å². The minimum atomic E-state index is -0.634. The summed E-state index contributed by atoms with van der Waals surface area (Å²) in [7, 11) is 0. The lowest BCUT2D eigenvalue weighted by atomic mass is 10.1. The predicted octanol–water partition coefficient (Wildman–Crippen LogP) is 3.06. The first-order chi connectivity index (χ1) is 13.1. The zero-order valence-electron chi connectivity index (χ0n) is 14.3. The summed E-state index contributed by atoms with van der Waals surface area (Å²) in [4.78, 5) is 39.0. The van der Waals surface area contributed by atoms with Crippen LogP contribution >= 0.6 is 0 Å². The molecule has 1 aromatic heterocycles. The molecule has 0 atom stereocenters. The molecule has 0 spiro atoms. The second-order valence-electron chi connectivity index (χ2n) is 5.57. The number of aromatic amines is 1. The molecule has 2 aromatic carbocycles. The fourth-order valence-corrected chi connectivity index (χ4v) is 2.36. The normalized spacial score (nSPS) is 10.1. The van der Waals surface area contributed by atoms with Crippen molar-refractivity contribution in [1.82, 2.24) is 4.98 Å². The van der Waals surface area contributed by atoms with E-state index in [9.17, 15) is 14.4 Å². The van der Waals surface area contributed by atoms with Crippen molar-refractivity contribution in [1.29, 1.82) is 0 Å². The predicted molar refractivity (Wildman–Crippen MR) is 101 cm³/mol. The van der Waals surface area contributed by atoms with Crippen molar-refractivity contribution in [3.8, 4) is 0 Å². The van der Waals surface area contributed by atoms with Gasteiger partial charge in [0.25, 0.3) is 11.8 Å². The molecule has 1 heterocycles. The Bertz CT molecular complexity index is 937. The minimum absolute atomic E-state index is 0.255. The number of aromatic nitrogens is 1. The number of hydrogen-bond acceptors (Lipinski definition) is 4. The zero-order chi connectivity index (χ0) is 19.1. The summed E-state index contributed by atoms with van der Waals surface area (Å²) in [5.74, 6) is -1.54. The van der Waals surface area contributed by atoms with Gasteiger partial charge in [0, 0.05) is 11.9 Å². The number of carbonyl (C=O) groups excluding carboxylic acids is 3. The smallest absolute Gasteiger partial charge is 0.355 e. The van der Waals surface area contributed by atoms with Crippen molar-refractivity contribution >= 4 is 29.2 Å². The standard InChI is InChI=1S/C20H17N3O4/c24-18(13-27-20(26)17-11-6-12-21-17)23-16-10-5-4-9-15(16)19(25)22-14-7-2-1-3-8-14/h1-12,21H,13H2,(H,22,25)(H,23,24). The van der Waals surface area contributed by atoms with Crippen LogP contribution < -0.4 is 10.6 Å². The van der Waals surface area contributed by atoms with E-state index >= 15 is 0 Å². The largest absolute Gasteiger partial charge is 0.451 e. The van der Waals surface area contributed by atoms with E-state index in [2.05, 4.69) is 15.6 Å². The number of H-pyrrole nitrogens is 1. The first-order valence-corrected chi connectivity index (χ1v) is 8.19. The van der Waals surface area contributed by atoms with Gasteiger partial charge in [0.15, 0.2) is 6.61 Å². The summed E-state index contributed by atoms with van der Waals surface area (Å²) in [5.41, 5.74) is 1.52. The third-order valence-electron chi connectivity index (χ3n) is 3.63. The van der Waals surface area contributed by atoms with E-state index < -0.39 is 18.5 Å². The molecular formula is C20H17N3O4. The second kappa shape index (κ2) is 8.48. The van der Waals surface area contributed by atoms with Gasteiger partial charge in [-0.25, -0.2) is 4.79 Å². The molecule has 2 amide bonds. The fourth-order valence-electron chi connectivity index (χ4n) is 2.36. The van der Waals surface area contributed by atoms with Gasteiger partial charge in [-0.2, -0.15) is 0 Å². The number of anilines is 2. The Morgan fingerprint density at radius 3 is 2.33 bits per heavy atom. The monoisotopic (exact) mass is 363 g/mol. The van der Waals surface area contributed by atoms with Crippen molar-refractivity contribution in [2.75, 3.05) is 17.2 Å². The molecule has 0 radical (unpaired) electrons. The fraction of sp³-hybridized carbons (Fsp3) is 0.0500. The minimum Gasteiger partial charge on any atom is -0.451 e. The highest BCUT2D eigenvalue weighted by molar-refractivity contribution is 6.10. The van der Waals surface area contributed by atoms with Crippen molar-refractivity contribution < 1.29 is 19.1 Å². The van der Waals surface area contributed by atoms with E-state index in [1.165, 1.54) is 0 Å². The van der Waals surface area contributed by atoms with Crippen LogP contribution in [-0.2, 0) is 9.53 Å². The van der Waals surface area contributed by atoms with Gasteiger partial charge in [0.05, 0.1) is 11.3 Å². The third-order valence-corrected chi connectivity index (χ3v) is 3.63. The summed E-state index contributed by atoms with van der Waals surface area (Å²) in [5, 5.41) is 5.35. The van der Waals surface area contributed by atoms with Crippen molar-refractivity contribution in [3.63, 3.8) is 0 Å². The third kappa shape index (κ3) is 4.82. The van der Waals surface area contributed by atoms with E-state index in [1.54, 1.807) is 54.7 Å². The molecule has 3 aromatic rings. The Labute approximate surface area is 155 Å². The van der Waals surface area contributed by atoms with E-state index in [4.69, 9.17) is 4.74 Å². The maximum absolute atomic E-state index is 12.5. The molecule has 0 unspecified atom stereocenters. The van der Waals surface area contributed by atoms with Gasteiger partial charge in [-0.15, -0.1) is 0 Å². The number of benzene rings is 2. The molecule has 27 heavy (non-hydrogen) atoms. The first kappa shape index (κ1) is 17.9. The van der Waals surface area contributed by atoms with Crippen LogP contribution in [0.3, 0.4) is 0 Å². The highest BCUT2D eigenvalue weighted by Crippen LogP contribution is 2.17. The van der Waals surface area contributed by atoms with E-state index in [-0.39, 0.29) is 11.6 Å².